The summed E-state index contributed by atoms with van der Waals surface area (Å²) in [6, 6.07) is 54.8. The molecule has 0 aliphatic heterocycles. The number of aryl methyl sites for hydroxylation is 2. The largest absolute Gasteiger partial charge is 0.310 e. The number of nitrogens with zero attached hydrogens (tertiary/aromatic N) is 1. The predicted octanol–water partition coefficient (Wildman–Crippen LogP) is 11.8. The van der Waals surface area contributed by atoms with Crippen molar-refractivity contribution in [3.8, 4) is 33.4 Å². The lowest BCUT2D eigenvalue weighted by Crippen LogP contribution is -2.12. The minimum absolute atomic E-state index is 1.10. The van der Waals surface area contributed by atoms with Crippen LogP contribution >= 0.6 is 0 Å². The Morgan fingerprint density at radius 3 is 1.60 bits per heavy atom. The van der Waals surface area contributed by atoms with E-state index < -0.39 is 0 Å². The lowest BCUT2D eigenvalue weighted by Gasteiger charge is -2.29. The van der Waals surface area contributed by atoms with E-state index in [-0.39, 0.29) is 0 Å². The van der Waals surface area contributed by atoms with Crippen LogP contribution in [0.3, 0.4) is 0 Å². The van der Waals surface area contributed by atoms with E-state index in [9.17, 15) is 0 Å². The van der Waals surface area contributed by atoms with Crippen LogP contribution in [0.2, 0.25) is 0 Å². The van der Waals surface area contributed by atoms with Crippen molar-refractivity contribution in [3.05, 3.63) is 163 Å². The number of rotatable bonds is 9. The normalized spacial score (nSPS) is 10.9. The molecule has 0 spiro atoms. The third kappa shape index (κ3) is 5.92. The van der Waals surface area contributed by atoms with Gasteiger partial charge in [-0.2, -0.15) is 0 Å². The molecule has 0 unspecified atom stereocenters. The van der Waals surface area contributed by atoms with E-state index >= 15 is 0 Å². The molecule has 0 N–H and O–H groups in total. The van der Waals surface area contributed by atoms with Crippen LogP contribution in [0.1, 0.15) is 30.9 Å². The molecule has 1 heteroatoms. The fraction of sp³-hybridized carbons (Fsp3) is 0.122. The third-order valence-corrected chi connectivity index (χ3v) is 8.07. The summed E-state index contributed by atoms with van der Waals surface area (Å²) >= 11 is 0. The molecule has 0 fully saturated rings. The van der Waals surface area contributed by atoms with Crippen molar-refractivity contribution in [1.29, 1.82) is 0 Å². The minimum Gasteiger partial charge on any atom is -0.310 e. The van der Waals surface area contributed by atoms with E-state index in [0.717, 1.165) is 12.1 Å². The van der Waals surface area contributed by atoms with Crippen LogP contribution in [0, 0.1) is 6.92 Å². The number of para-hydroxylation sites is 1. The Morgan fingerprint density at radius 2 is 0.976 bits per heavy atom. The van der Waals surface area contributed by atoms with Crippen LogP contribution < -0.4 is 4.90 Å². The Morgan fingerprint density at radius 1 is 0.476 bits per heavy atom. The predicted molar refractivity (Wildman–Crippen MR) is 181 cm³/mol. The van der Waals surface area contributed by atoms with Gasteiger partial charge in [0.05, 0.1) is 5.69 Å². The molecule has 0 aliphatic carbocycles. The van der Waals surface area contributed by atoms with E-state index in [0.29, 0.717) is 0 Å². The second-order valence-electron chi connectivity index (χ2n) is 10.9. The lowest BCUT2D eigenvalue weighted by atomic mass is 9.97. The highest BCUT2D eigenvalue weighted by atomic mass is 15.1. The number of hydrogen-bond acceptors (Lipinski definition) is 1. The number of unbranched alkanes of at least 4 members (excludes halogenated alkanes) is 1. The molecular formula is C41H37N. The van der Waals surface area contributed by atoms with Gasteiger partial charge in [0, 0.05) is 16.9 Å². The van der Waals surface area contributed by atoms with Gasteiger partial charge in [-0.15, -0.1) is 0 Å². The number of hydrogen-bond donors (Lipinski definition) is 0. The Labute approximate surface area is 250 Å². The summed E-state index contributed by atoms with van der Waals surface area (Å²) in [5.74, 6) is 0. The summed E-state index contributed by atoms with van der Waals surface area (Å²) < 4.78 is 0. The zero-order chi connectivity index (χ0) is 28.7. The molecule has 206 valence electrons. The molecule has 6 aromatic carbocycles. The van der Waals surface area contributed by atoms with Gasteiger partial charge in [0.15, 0.2) is 0 Å². The molecule has 0 aliphatic rings. The van der Waals surface area contributed by atoms with Gasteiger partial charge in [0.25, 0.3) is 0 Å². The van der Waals surface area contributed by atoms with Crippen molar-refractivity contribution in [3.63, 3.8) is 0 Å². The van der Waals surface area contributed by atoms with Crippen LogP contribution in [0.25, 0.3) is 33.4 Å². The summed E-state index contributed by atoms with van der Waals surface area (Å²) in [4.78, 5) is 2.42. The maximum Gasteiger partial charge on any atom is 0.0540 e. The first-order valence-corrected chi connectivity index (χ1v) is 15.0. The van der Waals surface area contributed by atoms with Crippen molar-refractivity contribution >= 4 is 17.1 Å². The Bertz CT molecular complexity index is 1730. The molecule has 0 saturated heterocycles. The van der Waals surface area contributed by atoms with Gasteiger partial charge < -0.3 is 4.90 Å². The first-order chi connectivity index (χ1) is 20.7. The highest BCUT2D eigenvalue weighted by Crippen LogP contribution is 2.42. The van der Waals surface area contributed by atoms with Crippen LogP contribution in [0.4, 0.5) is 17.1 Å². The lowest BCUT2D eigenvalue weighted by molar-refractivity contribution is 0.791. The Balaban J connectivity index is 1.45. The quantitative estimate of drug-likeness (QED) is 0.175. The molecule has 0 heterocycles. The standard InChI is InChI=1S/C41H37N/c1-3-4-13-37-30-39(27-20-31(37)2)42(38-28-25-35(26-29-38)33-16-9-6-10-17-33)41-19-12-11-18-40(41)36-23-21-34(22-24-36)32-14-7-5-8-15-32/h5-12,14-30H,3-4,13H2,1-2H3. The van der Waals surface area contributed by atoms with Crippen molar-refractivity contribution in [1.82, 2.24) is 0 Å². The molecule has 6 rings (SSSR count). The van der Waals surface area contributed by atoms with Crippen molar-refractivity contribution in [2.45, 2.75) is 33.1 Å². The molecule has 42 heavy (non-hydrogen) atoms. The average molecular weight is 544 g/mol. The van der Waals surface area contributed by atoms with Crippen LogP contribution in [-0.2, 0) is 6.42 Å². The summed E-state index contributed by atoms with van der Waals surface area (Å²) in [5.41, 5.74) is 13.6. The van der Waals surface area contributed by atoms with E-state index in [4.69, 9.17) is 0 Å². The maximum atomic E-state index is 2.42. The summed E-state index contributed by atoms with van der Waals surface area (Å²) in [6.07, 6.45) is 3.48. The second-order valence-corrected chi connectivity index (χ2v) is 10.9. The van der Waals surface area contributed by atoms with Gasteiger partial charge >= 0.3 is 0 Å². The average Bonchev–Trinajstić information content (AvgIpc) is 3.06. The van der Waals surface area contributed by atoms with Gasteiger partial charge in [0.1, 0.15) is 0 Å². The van der Waals surface area contributed by atoms with Gasteiger partial charge in [-0.05, 0) is 89.0 Å². The van der Waals surface area contributed by atoms with E-state index in [1.165, 1.54) is 68.7 Å². The van der Waals surface area contributed by atoms with Crippen LogP contribution in [0.5, 0.6) is 0 Å². The monoisotopic (exact) mass is 543 g/mol. The Hall–Kier alpha value is -4.88. The third-order valence-electron chi connectivity index (χ3n) is 8.07. The SMILES string of the molecule is CCCCc1cc(N(c2ccc(-c3ccccc3)cc2)c2ccccc2-c2ccc(-c3ccccc3)cc2)ccc1C. The molecular weight excluding hydrogens is 506 g/mol. The van der Waals surface area contributed by atoms with Crippen LogP contribution in [-0.4, -0.2) is 0 Å². The smallest absolute Gasteiger partial charge is 0.0540 e. The summed E-state index contributed by atoms with van der Waals surface area (Å²) in [5, 5.41) is 0. The molecule has 0 amide bonds. The highest BCUT2D eigenvalue weighted by Gasteiger charge is 2.18. The molecule has 1 nitrogen and oxygen atoms in total. The molecule has 0 radical (unpaired) electrons. The molecule has 0 bridgehead atoms. The fourth-order valence-corrected chi connectivity index (χ4v) is 5.68. The number of benzene rings is 6. The molecule has 0 atom stereocenters. The molecule has 0 aromatic heterocycles. The van der Waals surface area contributed by atoms with Gasteiger partial charge in [-0.1, -0.05) is 135 Å². The second kappa shape index (κ2) is 12.7. The van der Waals surface area contributed by atoms with Crippen molar-refractivity contribution in [2.75, 3.05) is 4.90 Å². The highest BCUT2D eigenvalue weighted by molar-refractivity contribution is 5.89. The first-order valence-electron chi connectivity index (χ1n) is 15.0. The summed E-state index contributed by atoms with van der Waals surface area (Å²) in [7, 11) is 0. The topological polar surface area (TPSA) is 3.24 Å². The van der Waals surface area contributed by atoms with E-state index in [1.807, 2.05) is 0 Å². The zero-order valence-electron chi connectivity index (χ0n) is 24.5. The van der Waals surface area contributed by atoms with Crippen LogP contribution in [0.15, 0.2) is 152 Å². The molecule has 0 saturated carbocycles. The first kappa shape index (κ1) is 27.3. The van der Waals surface area contributed by atoms with E-state index in [2.05, 4.69) is 170 Å². The Kier molecular flexibility index (Phi) is 8.28. The van der Waals surface area contributed by atoms with Gasteiger partial charge in [-0.25, -0.2) is 0 Å². The number of anilines is 3. The van der Waals surface area contributed by atoms with E-state index in [1.54, 1.807) is 0 Å². The minimum atomic E-state index is 1.10. The summed E-state index contributed by atoms with van der Waals surface area (Å²) in [6.45, 7) is 4.50. The fourth-order valence-electron chi connectivity index (χ4n) is 5.68. The van der Waals surface area contributed by atoms with Crippen molar-refractivity contribution in [2.24, 2.45) is 0 Å². The van der Waals surface area contributed by atoms with Gasteiger partial charge in [-0.3, -0.25) is 0 Å². The van der Waals surface area contributed by atoms with Gasteiger partial charge in [0.2, 0.25) is 0 Å². The molecule has 6 aromatic rings. The maximum absolute atomic E-state index is 2.42. The van der Waals surface area contributed by atoms with Crippen molar-refractivity contribution < 1.29 is 0 Å². The zero-order valence-corrected chi connectivity index (χ0v) is 24.5.